The van der Waals surface area contributed by atoms with Crippen LogP contribution in [0.5, 0.6) is 5.75 Å². The maximum Gasteiger partial charge on any atom is 0.256 e. The lowest BCUT2D eigenvalue weighted by Gasteiger charge is -2.40. The lowest BCUT2D eigenvalue weighted by molar-refractivity contribution is -0.137. The van der Waals surface area contributed by atoms with Crippen molar-refractivity contribution in [3.63, 3.8) is 0 Å². The Morgan fingerprint density at radius 3 is 2.42 bits per heavy atom. The van der Waals surface area contributed by atoms with Crippen molar-refractivity contribution in [2.24, 2.45) is 5.92 Å². The third-order valence-corrected chi connectivity index (χ3v) is 13.2. The minimum atomic E-state index is -0.495. The Kier molecular flexibility index (Phi) is 12.2. The summed E-state index contributed by atoms with van der Waals surface area (Å²) in [7, 11) is 1.78. The Morgan fingerprint density at radius 1 is 0.966 bits per heavy atom. The molecule has 15 heteroatoms. The van der Waals surface area contributed by atoms with E-state index in [2.05, 4.69) is 21.2 Å². The van der Waals surface area contributed by atoms with Crippen LogP contribution in [-0.2, 0) is 22.7 Å². The van der Waals surface area contributed by atoms with E-state index < -0.39 is 11.9 Å². The molecule has 3 saturated heterocycles. The zero-order valence-electron chi connectivity index (χ0n) is 33.4. The molecule has 1 aromatic heterocycles. The molecule has 0 radical (unpaired) electrons. The number of nitrogens with one attached hydrogen (secondary N) is 1. The van der Waals surface area contributed by atoms with Crippen molar-refractivity contribution in [3.05, 3.63) is 81.3 Å². The molecule has 0 bridgehead atoms. The van der Waals surface area contributed by atoms with Gasteiger partial charge in [-0.05, 0) is 99.9 Å². The fraction of sp³-hybridized carbons (Fsp3) is 0.500. The van der Waals surface area contributed by atoms with E-state index in [9.17, 15) is 19.2 Å². The smallest absolute Gasteiger partial charge is 0.256 e. The van der Waals surface area contributed by atoms with Crippen LogP contribution >= 0.6 is 11.6 Å². The van der Waals surface area contributed by atoms with Crippen molar-refractivity contribution >= 4 is 47.1 Å². The Bertz CT molecular complexity index is 2140. The SMILES string of the molecule is CN(Cc1cc(N2CCN(CC3CCN(c4ccc5c(n4)CN([C@H]4CC[C@H](Oc6ccc(C#N)c(Cl)c6)CC4)C5=O)CC3)CC2)c(F)cc1C=O)C1CCC(=O)NC1=O. The number of hydrogen-bond acceptors (Lipinski definition) is 11. The molecular weight excluding hydrogens is 775 g/mol. The molecule has 8 rings (SSSR count). The fourth-order valence-electron chi connectivity index (χ4n) is 9.46. The molecule has 0 spiro atoms. The Balaban J connectivity index is 0.793. The minimum Gasteiger partial charge on any atom is -0.490 e. The van der Waals surface area contributed by atoms with Crippen molar-refractivity contribution in [1.29, 1.82) is 5.26 Å². The first-order chi connectivity index (χ1) is 28.6. The van der Waals surface area contributed by atoms with Gasteiger partial charge in [0.25, 0.3) is 5.91 Å². The first-order valence-electron chi connectivity index (χ1n) is 20.8. The van der Waals surface area contributed by atoms with Gasteiger partial charge < -0.3 is 19.4 Å². The van der Waals surface area contributed by atoms with Gasteiger partial charge in [0.1, 0.15) is 29.7 Å². The molecule has 1 unspecified atom stereocenters. The number of imide groups is 1. The number of aldehydes is 1. The van der Waals surface area contributed by atoms with E-state index in [0.29, 0.717) is 71.4 Å². The summed E-state index contributed by atoms with van der Waals surface area (Å²) in [5.74, 6) is 1.11. The van der Waals surface area contributed by atoms with Crippen molar-refractivity contribution in [2.45, 2.75) is 82.6 Å². The van der Waals surface area contributed by atoms with Crippen LogP contribution < -0.4 is 19.9 Å². The number of hydrogen-bond donors (Lipinski definition) is 1. The number of carbonyl (C=O) groups is 4. The van der Waals surface area contributed by atoms with Gasteiger partial charge in [-0.1, -0.05) is 11.6 Å². The van der Waals surface area contributed by atoms with Crippen LogP contribution in [0.2, 0.25) is 5.02 Å². The largest absolute Gasteiger partial charge is 0.490 e. The number of pyridine rings is 1. The van der Waals surface area contributed by atoms with Crippen molar-refractivity contribution < 1.29 is 28.3 Å². The summed E-state index contributed by atoms with van der Waals surface area (Å²) in [5.41, 5.74) is 3.35. The van der Waals surface area contributed by atoms with E-state index in [0.717, 1.165) is 82.8 Å². The average molecular weight is 825 g/mol. The van der Waals surface area contributed by atoms with Crippen LogP contribution in [-0.4, -0.2) is 115 Å². The van der Waals surface area contributed by atoms with E-state index in [4.69, 9.17) is 26.6 Å². The van der Waals surface area contributed by atoms with Gasteiger partial charge in [0.2, 0.25) is 11.8 Å². The number of anilines is 2. The molecule has 13 nitrogen and oxygen atoms in total. The summed E-state index contributed by atoms with van der Waals surface area (Å²) in [5, 5.41) is 11.9. The second-order valence-electron chi connectivity index (χ2n) is 16.6. The summed E-state index contributed by atoms with van der Waals surface area (Å²) >= 11 is 6.20. The summed E-state index contributed by atoms with van der Waals surface area (Å²) in [4.78, 5) is 65.1. The topological polar surface area (TPSA) is 142 Å². The average Bonchev–Trinajstić information content (AvgIpc) is 3.57. The molecule has 310 valence electrons. The highest BCUT2D eigenvalue weighted by molar-refractivity contribution is 6.31. The van der Waals surface area contributed by atoms with E-state index >= 15 is 4.39 Å². The number of benzene rings is 2. The number of piperazine rings is 1. The number of amides is 3. The molecule has 5 aliphatic rings. The van der Waals surface area contributed by atoms with Gasteiger partial charge in [0.05, 0.1) is 46.2 Å². The van der Waals surface area contributed by atoms with Crippen molar-refractivity contribution in [3.8, 4) is 11.8 Å². The highest BCUT2D eigenvalue weighted by atomic mass is 35.5. The number of fused-ring (bicyclic) bond motifs is 1. The van der Waals surface area contributed by atoms with Crippen molar-refractivity contribution in [2.75, 3.05) is 62.7 Å². The Hall–Kier alpha value is -5.10. The molecule has 1 aliphatic carbocycles. The minimum absolute atomic E-state index is 0.0349. The molecule has 4 fully saturated rings. The molecule has 3 aromatic rings. The number of aromatic nitrogens is 1. The quantitative estimate of drug-likeness (QED) is 0.202. The van der Waals surface area contributed by atoms with Crippen LogP contribution in [0, 0.1) is 23.1 Å². The van der Waals surface area contributed by atoms with Crippen LogP contribution in [0.25, 0.3) is 0 Å². The number of carbonyl (C=O) groups excluding carboxylic acids is 4. The molecular formula is C44H50ClFN8O5. The monoisotopic (exact) mass is 824 g/mol. The number of halogens is 2. The lowest BCUT2D eigenvalue weighted by Crippen LogP contribution is -2.51. The van der Waals surface area contributed by atoms with Crippen LogP contribution in [0.3, 0.4) is 0 Å². The summed E-state index contributed by atoms with van der Waals surface area (Å²) < 4.78 is 21.5. The Labute approximate surface area is 349 Å². The van der Waals surface area contributed by atoms with Gasteiger partial charge >= 0.3 is 0 Å². The number of nitriles is 1. The number of piperidine rings is 2. The molecule has 1 atom stereocenters. The normalized spacial score (nSPS) is 23.0. The summed E-state index contributed by atoms with van der Waals surface area (Å²) in [6.45, 7) is 6.51. The standard InChI is InChI=1S/C44H50ClFN8O5/c1-50(39-9-11-42(56)49-43(39)57)25-30-21-40(37(46)20-31(30)27-55)52-18-16-51(17-19-52)24-28-12-14-53(15-13-28)41-10-8-35-38(48-41)26-54(44(35)58)32-3-6-33(7-4-32)59-34-5-2-29(23-47)36(45)22-34/h2,5,8,10,20-22,27-28,32-33,39H,3-4,6-7,9,11-19,24-26H2,1H3,(H,49,56,57)/t32-,33-,39?. The number of likely N-dealkylation sites (N-methyl/N-ethyl adjacent to an activating group) is 1. The van der Waals surface area contributed by atoms with Gasteiger partial charge in [0, 0.05) is 76.5 Å². The maximum absolute atomic E-state index is 15.4. The molecule has 5 heterocycles. The lowest BCUT2D eigenvalue weighted by atomic mass is 9.92. The Morgan fingerprint density at radius 2 is 1.73 bits per heavy atom. The van der Waals surface area contributed by atoms with E-state index in [-0.39, 0.29) is 48.4 Å². The molecule has 1 saturated carbocycles. The zero-order chi connectivity index (χ0) is 41.2. The van der Waals surface area contributed by atoms with Gasteiger partial charge in [-0.15, -0.1) is 0 Å². The third kappa shape index (κ3) is 8.93. The van der Waals surface area contributed by atoms with Gasteiger partial charge in [-0.2, -0.15) is 5.26 Å². The van der Waals surface area contributed by atoms with Crippen LogP contribution in [0.1, 0.15) is 88.9 Å². The van der Waals surface area contributed by atoms with Crippen LogP contribution in [0.15, 0.2) is 42.5 Å². The van der Waals surface area contributed by atoms with E-state index in [1.807, 2.05) is 26.8 Å². The van der Waals surface area contributed by atoms with Gasteiger partial charge in [0.15, 0.2) is 0 Å². The van der Waals surface area contributed by atoms with E-state index in [1.165, 1.54) is 6.07 Å². The molecule has 4 aliphatic heterocycles. The third-order valence-electron chi connectivity index (χ3n) is 12.9. The molecule has 2 aromatic carbocycles. The maximum atomic E-state index is 15.4. The van der Waals surface area contributed by atoms with E-state index in [1.54, 1.807) is 31.3 Å². The number of ether oxygens (including phenoxy) is 1. The fourth-order valence-corrected chi connectivity index (χ4v) is 9.68. The first-order valence-corrected chi connectivity index (χ1v) is 21.2. The molecule has 1 N–H and O–H groups in total. The molecule has 59 heavy (non-hydrogen) atoms. The summed E-state index contributed by atoms with van der Waals surface area (Å²) in [6, 6.07) is 13.8. The molecule has 3 amide bonds. The highest BCUT2D eigenvalue weighted by Gasteiger charge is 2.37. The number of rotatable bonds is 11. The first kappa shape index (κ1) is 40.7. The predicted molar refractivity (Wildman–Crippen MR) is 220 cm³/mol. The zero-order valence-corrected chi connectivity index (χ0v) is 34.1. The summed E-state index contributed by atoms with van der Waals surface area (Å²) in [6.07, 6.45) is 6.78. The van der Waals surface area contributed by atoms with Gasteiger partial charge in [-0.3, -0.25) is 34.3 Å². The second kappa shape index (κ2) is 17.6. The predicted octanol–water partition coefficient (Wildman–Crippen LogP) is 5.18. The van der Waals surface area contributed by atoms with Crippen LogP contribution in [0.4, 0.5) is 15.9 Å². The second-order valence-corrected chi connectivity index (χ2v) is 17.0. The number of nitrogens with zero attached hydrogens (tertiary/aromatic N) is 7. The van der Waals surface area contributed by atoms with Crippen molar-refractivity contribution in [1.82, 2.24) is 25.0 Å². The van der Waals surface area contributed by atoms with Gasteiger partial charge in [-0.25, -0.2) is 9.37 Å². The highest BCUT2D eigenvalue weighted by Crippen LogP contribution is 2.35.